The molecule has 0 spiro atoms. The summed E-state index contributed by atoms with van der Waals surface area (Å²) in [5.74, 6) is 0. The van der Waals surface area contributed by atoms with Crippen LogP contribution in [0.25, 0.3) is 0 Å². The molecule has 2 unspecified atom stereocenters. The SMILES string of the molecule is CC1OC1Cl.CNC. The van der Waals surface area contributed by atoms with Crippen LogP contribution in [-0.4, -0.2) is 25.8 Å². The molecule has 2 nitrogen and oxygen atoms in total. The molecule has 1 fully saturated rings. The van der Waals surface area contributed by atoms with Gasteiger partial charge in [0.1, 0.15) is 0 Å². The quantitative estimate of drug-likeness (QED) is 0.395. The van der Waals surface area contributed by atoms with Gasteiger partial charge in [-0.2, -0.15) is 0 Å². The Bertz CT molecular complexity index is 54.4. The van der Waals surface area contributed by atoms with Gasteiger partial charge in [-0.25, -0.2) is 0 Å². The average molecular weight is 138 g/mol. The maximum absolute atomic E-state index is 5.31. The van der Waals surface area contributed by atoms with Crippen molar-refractivity contribution in [1.82, 2.24) is 5.32 Å². The maximum Gasteiger partial charge on any atom is 0.157 e. The molecule has 1 N–H and O–H groups in total. The number of alkyl halides is 1. The molecule has 8 heavy (non-hydrogen) atoms. The Hall–Kier alpha value is 0.210. The van der Waals surface area contributed by atoms with Gasteiger partial charge in [0.05, 0.1) is 6.10 Å². The topological polar surface area (TPSA) is 24.6 Å². The number of rotatable bonds is 0. The number of hydrogen-bond acceptors (Lipinski definition) is 2. The molecule has 0 aromatic heterocycles. The Kier molecular flexibility index (Phi) is 4.23. The number of epoxide rings is 1. The van der Waals surface area contributed by atoms with Crippen molar-refractivity contribution < 1.29 is 4.74 Å². The Morgan fingerprint density at radius 2 is 1.62 bits per heavy atom. The van der Waals surface area contributed by atoms with E-state index in [1.165, 1.54) is 0 Å². The van der Waals surface area contributed by atoms with Crippen molar-refractivity contribution in [3.8, 4) is 0 Å². The first kappa shape index (κ1) is 8.21. The highest BCUT2D eigenvalue weighted by molar-refractivity contribution is 6.21. The van der Waals surface area contributed by atoms with Crippen molar-refractivity contribution in [1.29, 1.82) is 0 Å². The highest BCUT2D eigenvalue weighted by Gasteiger charge is 2.30. The lowest BCUT2D eigenvalue weighted by Gasteiger charge is -1.59. The second-order valence-corrected chi connectivity index (χ2v) is 2.12. The van der Waals surface area contributed by atoms with Crippen LogP contribution in [0.1, 0.15) is 6.92 Å². The summed E-state index contributed by atoms with van der Waals surface area (Å²) in [5.41, 5.74) is 0.0231. The van der Waals surface area contributed by atoms with Crippen LogP contribution in [0.5, 0.6) is 0 Å². The molecule has 0 bridgehead atoms. The van der Waals surface area contributed by atoms with Crippen LogP contribution in [0.2, 0.25) is 0 Å². The molecular formula is C5H12ClNO. The smallest absolute Gasteiger partial charge is 0.157 e. The van der Waals surface area contributed by atoms with Gasteiger partial charge >= 0.3 is 0 Å². The summed E-state index contributed by atoms with van der Waals surface area (Å²) < 4.78 is 4.68. The minimum atomic E-state index is 0.0231. The minimum Gasteiger partial charge on any atom is -0.353 e. The first-order valence-electron chi connectivity index (χ1n) is 2.60. The van der Waals surface area contributed by atoms with Crippen LogP contribution in [0, 0.1) is 0 Å². The monoisotopic (exact) mass is 137 g/mol. The number of ether oxygens (including phenoxy) is 1. The molecule has 0 saturated carbocycles. The van der Waals surface area contributed by atoms with E-state index in [0.717, 1.165) is 0 Å². The number of nitrogens with one attached hydrogen (secondary N) is 1. The van der Waals surface area contributed by atoms with Crippen molar-refractivity contribution in [2.24, 2.45) is 0 Å². The van der Waals surface area contributed by atoms with E-state index in [1.807, 2.05) is 21.0 Å². The second kappa shape index (κ2) is 4.13. The van der Waals surface area contributed by atoms with Crippen LogP contribution in [0.15, 0.2) is 0 Å². The molecule has 0 amide bonds. The van der Waals surface area contributed by atoms with E-state index in [9.17, 15) is 0 Å². The van der Waals surface area contributed by atoms with E-state index in [1.54, 1.807) is 0 Å². The molecule has 0 aromatic rings. The van der Waals surface area contributed by atoms with Gasteiger partial charge in [0.25, 0.3) is 0 Å². The fraction of sp³-hybridized carbons (Fsp3) is 1.00. The van der Waals surface area contributed by atoms with Gasteiger partial charge in [-0.3, -0.25) is 0 Å². The third kappa shape index (κ3) is 4.37. The van der Waals surface area contributed by atoms with Gasteiger partial charge in [0.15, 0.2) is 5.56 Å². The Morgan fingerprint density at radius 1 is 1.50 bits per heavy atom. The molecule has 1 aliphatic rings. The van der Waals surface area contributed by atoms with Gasteiger partial charge < -0.3 is 10.1 Å². The first-order valence-corrected chi connectivity index (χ1v) is 3.04. The van der Waals surface area contributed by atoms with Crippen LogP contribution in [0.4, 0.5) is 0 Å². The lowest BCUT2D eigenvalue weighted by molar-refractivity contribution is 0.411. The van der Waals surface area contributed by atoms with Gasteiger partial charge in [-0.05, 0) is 21.0 Å². The number of halogens is 1. The number of hydrogen-bond donors (Lipinski definition) is 1. The van der Waals surface area contributed by atoms with Crippen molar-refractivity contribution in [3.63, 3.8) is 0 Å². The largest absolute Gasteiger partial charge is 0.353 e. The van der Waals surface area contributed by atoms with Gasteiger partial charge in [-0.15, -0.1) is 0 Å². The van der Waals surface area contributed by atoms with E-state index < -0.39 is 0 Å². The zero-order chi connectivity index (χ0) is 6.57. The van der Waals surface area contributed by atoms with E-state index in [-0.39, 0.29) is 5.56 Å². The highest BCUT2D eigenvalue weighted by atomic mass is 35.5. The van der Waals surface area contributed by atoms with Crippen LogP contribution < -0.4 is 5.32 Å². The average Bonchev–Trinajstić information content (AvgIpc) is 2.22. The summed E-state index contributed by atoms with van der Waals surface area (Å²) >= 11 is 5.31. The van der Waals surface area contributed by atoms with Crippen LogP contribution >= 0.6 is 11.6 Å². The zero-order valence-electron chi connectivity index (χ0n) is 5.44. The summed E-state index contributed by atoms with van der Waals surface area (Å²) in [6.45, 7) is 1.94. The normalized spacial score (nSPS) is 33.0. The van der Waals surface area contributed by atoms with E-state index >= 15 is 0 Å². The van der Waals surface area contributed by atoms with E-state index in [4.69, 9.17) is 11.6 Å². The summed E-state index contributed by atoms with van der Waals surface area (Å²) in [4.78, 5) is 0. The van der Waals surface area contributed by atoms with Crippen molar-refractivity contribution in [2.75, 3.05) is 14.1 Å². The minimum absolute atomic E-state index is 0.0231. The standard InChI is InChI=1S/C3H5ClO.C2H7N/c1-2-3(4)5-2;1-3-2/h2-3H,1H3;3H,1-2H3. The Morgan fingerprint density at radius 3 is 1.62 bits per heavy atom. The molecule has 50 valence electrons. The Balaban J connectivity index is 0.000000145. The van der Waals surface area contributed by atoms with Crippen molar-refractivity contribution >= 4 is 11.6 Å². The molecular weight excluding hydrogens is 126 g/mol. The molecule has 0 radical (unpaired) electrons. The molecule has 0 aromatic carbocycles. The third-order valence-electron chi connectivity index (χ3n) is 0.637. The van der Waals surface area contributed by atoms with Crippen molar-refractivity contribution in [3.05, 3.63) is 0 Å². The van der Waals surface area contributed by atoms with E-state index in [2.05, 4.69) is 10.1 Å². The molecule has 2 atom stereocenters. The molecule has 1 rings (SSSR count). The summed E-state index contributed by atoms with van der Waals surface area (Å²) in [5, 5.41) is 2.75. The predicted molar refractivity (Wildman–Crippen MR) is 35.2 cm³/mol. The molecule has 1 aliphatic heterocycles. The van der Waals surface area contributed by atoms with Gasteiger partial charge in [0.2, 0.25) is 0 Å². The highest BCUT2D eigenvalue weighted by Crippen LogP contribution is 2.23. The summed E-state index contributed by atoms with van der Waals surface area (Å²) in [6, 6.07) is 0. The molecule has 0 aliphatic carbocycles. The predicted octanol–water partition coefficient (Wildman–Crippen LogP) is 0.806. The third-order valence-corrected chi connectivity index (χ3v) is 1.09. The van der Waals surface area contributed by atoms with Gasteiger partial charge in [-0.1, -0.05) is 11.6 Å². The van der Waals surface area contributed by atoms with Crippen LogP contribution in [0.3, 0.4) is 0 Å². The lowest BCUT2D eigenvalue weighted by Crippen LogP contribution is -1.89. The molecule has 1 saturated heterocycles. The van der Waals surface area contributed by atoms with Gasteiger partial charge in [0, 0.05) is 0 Å². The van der Waals surface area contributed by atoms with Crippen LogP contribution in [-0.2, 0) is 4.74 Å². The lowest BCUT2D eigenvalue weighted by atomic mass is 10.6. The maximum atomic E-state index is 5.31. The summed E-state index contributed by atoms with van der Waals surface area (Å²) in [7, 11) is 3.75. The van der Waals surface area contributed by atoms with Crippen molar-refractivity contribution in [2.45, 2.75) is 18.6 Å². The van der Waals surface area contributed by atoms with E-state index in [0.29, 0.717) is 6.10 Å². The fourth-order valence-electron chi connectivity index (χ4n) is 0.160. The first-order chi connectivity index (χ1) is 3.72. The molecule has 3 heteroatoms. The summed E-state index contributed by atoms with van der Waals surface area (Å²) in [6.07, 6.45) is 0.316. The fourth-order valence-corrected chi connectivity index (χ4v) is 0.322. The Labute approximate surface area is 55.2 Å². The zero-order valence-corrected chi connectivity index (χ0v) is 6.20. The molecule has 1 heterocycles. The second-order valence-electron chi connectivity index (χ2n) is 1.69.